The smallest absolute Gasteiger partial charge is 0.243 e. The maximum Gasteiger partial charge on any atom is 0.243 e. The number of hydrogen-bond acceptors (Lipinski definition) is 6. The van der Waals surface area contributed by atoms with Crippen LogP contribution in [0.1, 0.15) is 63.4 Å². The van der Waals surface area contributed by atoms with E-state index in [1.54, 1.807) is 0 Å². The molecule has 0 radical (unpaired) electrons. The van der Waals surface area contributed by atoms with Crippen LogP contribution in [0.2, 0.25) is 0 Å². The summed E-state index contributed by atoms with van der Waals surface area (Å²) in [4.78, 5) is 41.7. The first-order valence-electron chi connectivity index (χ1n) is 14.0. The molecule has 1 saturated carbocycles. The van der Waals surface area contributed by atoms with Crippen molar-refractivity contribution in [1.29, 1.82) is 0 Å². The molecule has 9 nitrogen and oxygen atoms in total. The number of hydrogen-bond donors (Lipinski definition) is 3. The van der Waals surface area contributed by atoms with Crippen molar-refractivity contribution in [3.05, 3.63) is 29.8 Å². The first kappa shape index (κ1) is 27.4. The van der Waals surface area contributed by atoms with Gasteiger partial charge in [-0.2, -0.15) is 0 Å². The number of benzene rings is 1. The van der Waals surface area contributed by atoms with Gasteiger partial charge in [-0.15, -0.1) is 0 Å². The molecular weight excluding hydrogens is 472 g/mol. The molecule has 4 rings (SSSR count). The molecule has 2 aliphatic heterocycles. The fraction of sp³-hybridized carbons (Fsp3) is 0.679. The Morgan fingerprint density at radius 1 is 0.973 bits per heavy atom. The minimum Gasteiger partial charge on any atom is -0.494 e. The number of rotatable bonds is 5. The van der Waals surface area contributed by atoms with E-state index in [1.165, 1.54) is 0 Å². The minimum absolute atomic E-state index is 0.131. The summed E-state index contributed by atoms with van der Waals surface area (Å²) in [6.45, 7) is 4.20. The number of carbonyl (C=O) groups is 3. The largest absolute Gasteiger partial charge is 0.494 e. The molecule has 3 N–H and O–H groups in total. The van der Waals surface area contributed by atoms with Crippen molar-refractivity contribution in [2.75, 3.05) is 39.5 Å². The van der Waals surface area contributed by atoms with Gasteiger partial charge in [-0.3, -0.25) is 19.3 Å². The Bertz CT molecular complexity index is 898. The first-order chi connectivity index (χ1) is 18.1. The van der Waals surface area contributed by atoms with E-state index in [4.69, 9.17) is 9.47 Å². The molecule has 1 aliphatic carbocycles. The number of carbonyl (C=O) groups excluding carboxylic acids is 3. The van der Waals surface area contributed by atoms with Crippen LogP contribution < -0.4 is 20.7 Å². The van der Waals surface area contributed by atoms with Gasteiger partial charge in [0, 0.05) is 32.1 Å². The maximum absolute atomic E-state index is 13.4. The predicted octanol–water partition coefficient (Wildman–Crippen LogP) is 1.93. The van der Waals surface area contributed by atoms with Gasteiger partial charge in [0.05, 0.1) is 19.8 Å². The van der Waals surface area contributed by atoms with Gasteiger partial charge in [0.15, 0.2) is 0 Å². The summed E-state index contributed by atoms with van der Waals surface area (Å²) >= 11 is 0. The van der Waals surface area contributed by atoms with E-state index in [2.05, 4.69) is 20.9 Å². The molecule has 2 heterocycles. The van der Waals surface area contributed by atoms with Crippen molar-refractivity contribution in [3.63, 3.8) is 0 Å². The van der Waals surface area contributed by atoms with Crippen molar-refractivity contribution in [2.24, 2.45) is 0 Å². The highest BCUT2D eigenvalue weighted by atomic mass is 16.5. The summed E-state index contributed by atoms with van der Waals surface area (Å²) in [6.07, 6.45) is 7.58. The summed E-state index contributed by atoms with van der Waals surface area (Å²) in [6, 6.07) is 6.67. The van der Waals surface area contributed by atoms with Gasteiger partial charge in [0.1, 0.15) is 17.8 Å². The molecule has 2 fully saturated rings. The van der Waals surface area contributed by atoms with Crippen LogP contribution in [-0.4, -0.2) is 80.2 Å². The van der Waals surface area contributed by atoms with Crippen LogP contribution in [0.3, 0.4) is 0 Å². The van der Waals surface area contributed by atoms with Gasteiger partial charge < -0.3 is 25.4 Å². The monoisotopic (exact) mass is 514 g/mol. The van der Waals surface area contributed by atoms with E-state index in [1.807, 2.05) is 24.3 Å². The zero-order chi connectivity index (χ0) is 25.9. The zero-order valence-electron chi connectivity index (χ0n) is 21.8. The Balaban J connectivity index is 1.46. The van der Waals surface area contributed by atoms with E-state index in [0.717, 1.165) is 62.9 Å². The molecule has 2 bridgehead atoms. The zero-order valence-corrected chi connectivity index (χ0v) is 21.8. The number of aryl methyl sites for hydroxylation is 1. The van der Waals surface area contributed by atoms with Crippen molar-refractivity contribution in [1.82, 2.24) is 20.9 Å². The quantitative estimate of drug-likeness (QED) is 0.554. The lowest BCUT2D eigenvalue weighted by molar-refractivity contribution is -0.132. The lowest BCUT2D eigenvalue weighted by Gasteiger charge is -2.29. The lowest BCUT2D eigenvalue weighted by atomic mass is 10.1. The maximum atomic E-state index is 13.4. The summed E-state index contributed by atoms with van der Waals surface area (Å²) in [5.74, 6) is 0.191. The SMILES string of the molecule is O=C1CCc2cccc(c2)OCCCC[C@@H](C(=O)NC2CCCC2)NC(=O)[C@H](CCN2CCOCC2)N1. The third-order valence-electron chi connectivity index (χ3n) is 7.52. The molecule has 3 aliphatic rings. The second-order valence-electron chi connectivity index (χ2n) is 10.4. The summed E-state index contributed by atoms with van der Waals surface area (Å²) in [5.41, 5.74) is 1.03. The number of morpholine rings is 1. The standard InChI is InChI=1S/C28H42N4O5/c33-26-12-11-21-6-5-9-23(20-21)37-17-4-3-10-24(27(34)29-22-7-1-2-8-22)31-28(35)25(30-26)13-14-32-15-18-36-19-16-32/h5-6,9,20,22,24-25H,1-4,7-8,10-19H2,(H,29,34)(H,30,33)(H,31,35)/t24-,25-/m0/s1. The molecule has 37 heavy (non-hydrogen) atoms. The summed E-state index contributed by atoms with van der Waals surface area (Å²) in [7, 11) is 0. The second kappa shape index (κ2) is 14.3. The molecule has 0 unspecified atom stereocenters. The van der Waals surface area contributed by atoms with E-state index in [0.29, 0.717) is 45.6 Å². The molecule has 0 spiro atoms. The van der Waals surface area contributed by atoms with Crippen LogP contribution in [-0.2, 0) is 25.5 Å². The normalized spacial score (nSPS) is 25.1. The number of nitrogens with one attached hydrogen (secondary N) is 3. The van der Waals surface area contributed by atoms with E-state index >= 15 is 0 Å². The fourth-order valence-electron chi connectivity index (χ4n) is 5.27. The van der Waals surface area contributed by atoms with Gasteiger partial charge in [-0.05, 0) is 62.6 Å². The van der Waals surface area contributed by atoms with Gasteiger partial charge >= 0.3 is 0 Å². The first-order valence-corrected chi connectivity index (χ1v) is 14.0. The van der Waals surface area contributed by atoms with Crippen molar-refractivity contribution in [3.8, 4) is 5.75 Å². The third-order valence-corrected chi connectivity index (χ3v) is 7.52. The van der Waals surface area contributed by atoms with Gasteiger partial charge in [0.2, 0.25) is 17.7 Å². The highest BCUT2D eigenvalue weighted by Crippen LogP contribution is 2.19. The Hall–Kier alpha value is -2.65. The highest BCUT2D eigenvalue weighted by Gasteiger charge is 2.29. The van der Waals surface area contributed by atoms with Crippen LogP contribution >= 0.6 is 0 Å². The van der Waals surface area contributed by atoms with Gasteiger partial charge in [0.25, 0.3) is 0 Å². The minimum atomic E-state index is -0.695. The van der Waals surface area contributed by atoms with Gasteiger partial charge in [-0.25, -0.2) is 0 Å². The molecule has 1 saturated heterocycles. The molecular formula is C28H42N4O5. The average molecular weight is 515 g/mol. The highest BCUT2D eigenvalue weighted by molar-refractivity contribution is 5.92. The molecule has 2 atom stereocenters. The van der Waals surface area contributed by atoms with Crippen molar-refractivity contribution in [2.45, 2.75) is 82.3 Å². The third kappa shape index (κ3) is 9.00. The Morgan fingerprint density at radius 2 is 1.76 bits per heavy atom. The van der Waals surface area contributed by atoms with Gasteiger partial charge in [-0.1, -0.05) is 25.0 Å². The number of amides is 3. The van der Waals surface area contributed by atoms with Crippen LogP contribution in [0.5, 0.6) is 5.75 Å². The molecule has 204 valence electrons. The number of nitrogens with zero attached hydrogens (tertiary/aromatic N) is 1. The summed E-state index contributed by atoms with van der Waals surface area (Å²) in [5, 5.41) is 9.08. The molecule has 0 aromatic heterocycles. The average Bonchev–Trinajstić information content (AvgIpc) is 3.42. The Morgan fingerprint density at radius 3 is 2.57 bits per heavy atom. The molecule has 1 aromatic rings. The Kier molecular flexibility index (Phi) is 10.6. The summed E-state index contributed by atoms with van der Waals surface area (Å²) < 4.78 is 11.3. The lowest BCUT2D eigenvalue weighted by Crippen LogP contribution is -2.55. The van der Waals surface area contributed by atoms with Crippen molar-refractivity contribution >= 4 is 17.7 Å². The predicted molar refractivity (Wildman–Crippen MR) is 140 cm³/mol. The molecule has 3 amide bonds. The van der Waals surface area contributed by atoms with E-state index < -0.39 is 12.1 Å². The van der Waals surface area contributed by atoms with Crippen LogP contribution in [0.25, 0.3) is 0 Å². The number of ether oxygens (including phenoxy) is 2. The van der Waals surface area contributed by atoms with Crippen LogP contribution in [0.15, 0.2) is 24.3 Å². The molecule has 1 aromatic carbocycles. The second-order valence-corrected chi connectivity index (χ2v) is 10.4. The van der Waals surface area contributed by atoms with Crippen LogP contribution in [0.4, 0.5) is 0 Å². The van der Waals surface area contributed by atoms with E-state index in [9.17, 15) is 14.4 Å². The number of fused-ring (bicyclic) bond motifs is 2. The fourth-order valence-corrected chi connectivity index (χ4v) is 5.27. The topological polar surface area (TPSA) is 109 Å². The van der Waals surface area contributed by atoms with E-state index in [-0.39, 0.29) is 30.2 Å². The Labute approximate surface area is 220 Å². The van der Waals surface area contributed by atoms with Crippen molar-refractivity contribution < 1.29 is 23.9 Å². The molecule has 9 heteroatoms. The van der Waals surface area contributed by atoms with Crippen LogP contribution in [0, 0.1) is 0 Å².